The van der Waals surface area contributed by atoms with Gasteiger partial charge in [-0.2, -0.15) is 0 Å². The smallest absolute Gasteiger partial charge is 0.159 e. The second-order valence-electron chi connectivity index (χ2n) is 9.32. The summed E-state index contributed by atoms with van der Waals surface area (Å²) >= 11 is 0. The van der Waals surface area contributed by atoms with E-state index in [1.54, 1.807) is 6.07 Å². The Morgan fingerprint density at radius 2 is 1.19 bits per heavy atom. The van der Waals surface area contributed by atoms with E-state index in [-0.39, 0.29) is 0 Å². The van der Waals surface area contributed by atoms with Crippen LogP contribution in [0.2, 0.25) is 0 Å². The number of rotatable bonds is 10. The number of benzene rings is 1. The van der Waals surface area contributed by atoms with Gasteiger partial charge in [0.15, 0.2) is 11.6 Å². The van der Waals surface area contributed by atoms with Crippen molar-refractivity contribution in [3.05, 3.63) is 35.4 Å². The highest BCUT2D eigenvalue weighted by atomic mass is 19.2. The molecule has 2 fully saturated rings. The lowest BCUT2D eigenvalue weighted by atomic mass is 9.77. The predicted molar refractivity (Wildman–Crippen MR) is 110 cm³/mol. The van der Waals surface area contributed by atoms with Crippen LogP contribution >= 0.6 is 0 Å². The molecule has 0 atom stereocenters. The van der Waals surface area contributed by atoms with Crippen molar-refractivity contribution in [1.82, 2.24) is 0 Å². The normalized spacial score (nSPS) is 23.8. The molecule has 1 aromatic carbocycles. The first-order valence-electron chi connectivity index (χ1n) is 11.6. The number of unbranched alkanes of at least 4 members (excludes halogenated alkanes) is 3. The lowest BCUT2D eigenvalue weighted by Gasteiger charge is -2.28. The molecule has 0 heterocycles. The maximum atomic E-state index is 13.3. The van der Waals surface area contributed by atoms with Gasteiger partial charge in [-0.1, -0.05) is 96.0 Å². The Bertz CT molecular complexity index is 539. The minimum Gasteiger partial charge on any atom is -0.204 e. The average molecular weight is 377 g/mol. The summed E-state index contributed by atoms with van der Waals surface area (Å²) in [6.07, 6.45) is 22.1. The zero-order valence-corrected chi connectivity index (χ0v) is 17.0. The van der Waals surface area contributed by atoms with Crippen LogP contribution in [-0.2, 0) is 6.42 Å². The summed E-state index contributed by atoms with van der Waals surface area (Å²) in [7, 11) is 0. The topological polar surface area (TPSA) is 0 Å². The molecule has 0 unspecified atom stereocenters. The fourth-order valence-electron chi connectivity index (χ4n) is 5.39. The van der Waals surface area contributed by atoms with Crippen molar-refractivity contribution >= 4 is 0 Å². The van der Waals surface area contributed by atoms with E-state index in [0.717, 1.165) is 36.2 Å². The molecule has 2 heteroatoms. The van der Waals surface area contributed by atoms with Gasteiger partial charge >= 0.3 is 0 Å². The summed E-state index contributed by atoms with van der Waals surface area (Å²) in [5, 5.41) is 0. The Labute approximate surface area is 165 Å². The molecule has 1 aromatic rings. The third-order valence-corrected chi connectivity index (χ3v) is 7.24. The molecule has 0 spiro atoms. The van der Waals surface area contributed by atoms with Gasteiger partial charge in [0.25, 0.3) is 0 Å². The van der Waals surface area contributed by atoms with E-state index in [4.69, 9.17) is 0 Å². The number of hydrogen-bond acceptors (Lipinski definition) is 0. The highest BCUT2D eigenvalue weighted by molar-refractivity contribution is 5.17. The molecule has 152 valence electrons. The van der Waals surface area contributed by atoms with Gasteiger partial charge < -0.3 is 0 Å². The second kappa shape index (κ2) is 11.2. The fraction of sp³-hybridized carbons (Fsp3) is 0.760. The Morgan fingerprint density at radius 1 is 0.630 bits per heavy atom. The molecule has 2 saturated carbocycles. The third-order valence-electron chi connectivity index (χ3n) is 7.24. The predicted octanol–water partition coefficient (Wildman–Crippen LogP) is 8.23. The SMILES string of the molecule is Fc1ccc(CC[C@H]2CC[C@H](CCCCCCC3CCCC3)CC2)cc1F. The van der Waals surface area contributed by atoms with Crippen molar-refractivity contribution in [2.75, 3.05) is 0 Å². The minimum absolute atomic E-state index is 0.709. The lowest BCUT2D eigenvalue weighted by Crippen LogP contribution is -2.15. The molecule has 0 bridgehead atoms. The van der Waals surface area contributed by atoms with Crippen molar-refractivity contribution in [3.8, 4) is 0 Å². The largest absolute Gasteiger partial charge is 0.204 e. The summed E-state index contributed by atoms with van der Waals surface area (Å²) < 4.78 is 26.3. The molecule has 3 rings (SSSR count). The zero-order chi connectivity index (χ0) is 18.9. The molecule has 27 heavy (non-hydrogen) atoms. The van der Waals surface area contributed by atoms with Gasteiger partial charge in [0, 0.05) is 0 Å². The molecule has 0 nitrogen and oxygen atoms in total. The summed E-state index contributed by atoms with van der Waals surface area (Å²) in [6, 6.07) is 4.36. The van der Waals surface area contributed by atoms with E-state index in [0.29, 0.717) is 0 Å². The summed E-state index contributed by atoms with van der Waals surface area (Å²) in [6.45, 7) is 0. The summed E-state index contributed by atoms with van der Waals surface area (Å²) in [5.74, 6) is 1.34. The number of halogens is 2. The van der Waals surface area contributed by atoms with E-state index in [1.807, 2.05) is 0 Å². The highest BCUT2D eigenvalue weighted by Gasteiger charge is 2.21. The first kappa shape index (κ1) is 20.8. The van der Waals surface area contributed by atoms with Gasteiger partial charge in [-0.15, -0.1) is 0 Å². The molecule has 0 N–H and O–H groups in total. The molecule has 0 saturated heterocycles. The Balaban J connectivity index is 1.21. The highest BCUT2D eigenvalue weighted by Crippen LogP contribution is 2.34. The first-order valence-corrected chi connectivity index (χ1v) is 11.6. The molecular weight excluding hydrogens is 338 g/mol. The van der Waals surface area contributed by atoms with E-state index in [9.17, 15) is 8.78 Å². The van der Waals surface area contributed by atoms with Crippen LogP contribution in [0.15, 0.2) is 18.2 Å². The standard InChI is InChI=1S/C25H38F2/c26-24-18-17-23(19-25(24)27)16-15-22-13-11-21(12-14-22)8-4-2-1-3-7-20-9-5-6-10-20/h17-22H,1-16H2/t21-,22-. The van der Waals surface area contributed by atoms with Gasteiger partial charge in [0.05, 0.1) is 0 Å². The molecule has 0 radical (unpaired) electrons. The maximum absolute atomic E-state index is 13.3. The van der Waals surface area contributed by atoms with Crippen molar-refractivity contribution in [3.63, 3.8) is 0 Å². The maximum Gasteiger partial charge on any atom is 0.159 e. The van der Waals surface area contributed by atoms with E-state index in [2.05, 4.69) is 0 Å². The van der Waals surface area contributed by atoms with E-state index < -0.39 is 11.6 Å². The minimum atomic E-state index is -0.738. The van der Waals surface area contributed by atoms with Gasteiger partial charge in [-0.3, -0.25) is 0 Å². The van der Waals surface area contributed by atoms with Gasteiger partial charge in [-0.25, -0.2) is 8.78 Å². The molecule has 2 aliphatic rings. The Morgan fingerprint density at radius 3 is 1.78 bits per heavy atom. The fourth-order valence-corrected chi connectivity index (χ4v) is 5.39. The van der Waals surface area contributed by atoms with E-state index >= 15 is 0 Å². The van der Waals surface area contributed by atoms with Crippen molar-refractivity contribution in [1.29, 1.82) is 0 Å². The second-order valence-corrected chi connectivity index (χ2v) is 9.32. The summed E-state index contributed by atoms with van der Waals surface area (Å²) in [5.41, 5.74) is 0.939. The van der Waals surface area contributed by atoms with Crippen LogP contribution in [0.3, 0.4) is 0 Å². The quantitative estimate of drug-likeness (QED) is 0.361. The lowest BCUT2D eigenvalue weighted by molar-refractivity contribution is 0.248. The van der Waals surface area contributed by atoms with Crippen LogP contribution in [-0.4, -0.2) is 0 Å². The Kier molecular flexibility index (Phi) is 8.61. The van der Waals surface area contributed by atoms with E-state index in [1.165, 1.54) is 102 Å². The van der Waals surface area contributed by atoms with Gasteiger partial charge in [-0.05, 0) is 48.3 Å². The molecular formula is C25H38F2. The first-order chi connectivity index (χ1) is 13.2. The van der Waals surface area contributed by atoms with Crippen molar-refractivity contribution in [2.24, 2.45) is 17.8 Å². The third kappa shape index (κ3) is 7.20. The van der Waals surface area contributed by atoms with Crippen LogP contribution in [0.4, 0.5) is 8.78 Å². The number of aryl methyl sites for hydroxylation is 1. The van der Waals surface area contributed by atoms with Crippen LogP contribution < -0.4 is 0 Å². The summed E-state index contributed by atoms with van der Waals surface area (Å²) in [4.78, 5) is 0. The molecule has 2 aliphatic carbocycles. The molecule has 0 amide bonds. The molecule has 0 aromatic heterocycles. The van der Waals surface area contributed by atoms with Crippen molar-refractivity contribution in [2.45, 2.75) is 103 Å². The van der Waals surface area contributed by atoms with Gasteiger partial charge in [0.2, 0.25) is 0 Å². The number of hydrogen-bond donors (Lipinski definition) is 0. The zero-order valence-electron chi connectivity index (χ0n) is 17.0. The molecule has 0 aliphatic heterocycles. The average Bonchev–Trinajstić information content (AvgIpc) is 3.20. The Hall–Kier alpha value is -0.920. The van der Waals surface area contributed by atoms with Crippen molar-refractivity contribution < 1.29 is 8.78 Å². The van der Waals surface area contributed by atoms with Crippen LogP contribution in [0.25, 0.3) is 0 Å². The van der Waals surface area contributed by atoms with Crippen LogP contribution in [0.1, 0.15) is 102 Å². The van der Waals surface area contributed by atoms with Crippen LogP contribution in [0, 0.1) is 29.4 Å². The van der Waals surface area contributed by atoms with Crippen LogP contribution in [0.5, 0.6) is 0 Å². The monoisotopic (exact) mass is 376 g/mol. The van der Waals surface area contributed by atoms with Gasteiger partial charge in [0.1, 0.15) is 0 Å².